The van der Waals surface area contributed by atoms with Gasteiger partial charge in [-0.05, 0) is 80.7 Å². The predicted molar refractivity (Wildman–Crippen MR) is 149 cm³/mol. The lowest BCUT2D eigenvalue weighted by Gasteiger charge is -2.74. The van der Waals surface area contributed by atoms with Gasteiger partial charge in [-0.25, -0.2) is 0 Å². The zero-order valence-corrected chi connectivity index (χ0v) is 22.7. The summed E-state index contributed by atoms with van der Waals surface area (Å²) in [4.78, 5) is 15.7. The fourth-order valence-corrected chi connectivity index (χ4v) is 9.81. The zero-order chi connectivity index (χ0) is 26.4. The van der Waals surface area contributed by atoms with E-state index in [-0.39, 0.29) is 34.5 Å². The van der Waals surface area contributed by atoms with Gasteiger partial charge < -0.3 is 19.9 Å². The Balaban J connectivity index is 1.16. The van der Waals surface area contributed by atoms with Gasteiger partial charge in [-0.1, -0.05) is 36.4 Å². The molecule has 2 heterocycles. The molecule has 1 saturated heterocycles. The van der Waals surface area contributed by atoms with Crippen LogP contribution in [0.3, 0.4) is 0 Å². The Labute approximate surface area is 230 Å². The Morgan fingerprint density at radius 2 is 2.03 bits per heavy atom. The molecule has 2 N–H and O–H groups in total. The van der Waals surface area contributed by atoms with Gasteiger partial charge in [0.1, 0.15) is 11.7 Å². The maximum absolute atomic E-state index is 12.9. The van der Waals surface area contributed by atoms with Gasteiger partial charge >= 0.3 is 0 Å². The number of hydrogen-bond acceptors (Lipinski definition) is 5. The van der Waals surface area contributed by atoms with Gasteiger partial charge in [0.25, 0.3) is 0 Å². The van der Waals surface area contributed by atoms with E-state index in [4.69, 9.17) is 9.47 Å². The van der Waals surface area contributed by atoms with Crippen molar-refractivity contribution in [2.24, 2.45) is 17.3 Å². The topological polar surface area (TPSA) is 71.0 Å². The molecule has 0 aromatic heterocycles. The van der Waals surface area contributed by atoms with Crippen molar-refractivity contribution in [3.05, 3.63) is 65.2 Å². The highest BCUT2D eigenvalue weighted by Crippen LogP contribution is 2.76. The molecule has 2 aromatic rings. The Morgan fingerprint density at radius 1 is 1.18 bits per heavy atom. The number of phenols is 1. The summed E-state index contributed by atoms with van der Waals surface area (Å²) in [7, 11) is 1.83. The highest BCUT2D eigenvalue weighted by molar-refractivity contribution is 5.91. The van der Waals surface area contributed by atoms with E-state index in [0.717, 1.165) is 50.1 Å². The summed E-state index contributed by atoms with van der Waals surface area (Å²) in [5.74, 6) is 1.88. The quantitative estimate of drug-likeness (QED) is 0.522. The van der Waals surface area contributed by atoms with E-state index in [1.165, 1.54) is 30.5 Å². The summed E-state index contributed by atoms with van der Waals surface area (Å²) < 4.78 is 13.4. The van der Waals surface area contributed by atoms with Crippen LogP contribution in [0.5, 0.6) is 11.5 Å². The van der Waals surface area contributed by atoms with E-state index >= 15 is 0 Å². The summed E-state index contributed by atoms with van der Waals surface area (Å²) in [5.41, 5.74) is 3.08. The number of fused-ring (bicyclic) bond motifs is 2. The van der Waals surface area contributed by atoms with Crippen molar-refractivity contribution < 1.29 is 19.4 Å². The lowest BCUT2D eigenvalue weighted by atomic mass is 9.35. The fraction of sp³-hybridized carbons (Fsp3) is 0.545. The molecule has 6 atom stereocenters. The molecule has 1 amide bonds. The third kappa shape index (κ3) is 3.13. The number of rotatable bonds is 7. The molecule has 2 aliphatic heterocycles. The molecule has 2 aromatic carbocycles. The van der Waals surface area contributed by atoms with E-state index in [1.54, 1.807) is 6.08 Å². The van der Waals surface area contributed by atoms with Crippen LogP contribution in [0.2, 0.25) is 0 Å². The molecule has 5 aliphatic carbocycles. The van der Waals surface area contributed by atoms with Gasteiger partial charge in [0.2, 0.25) is 5.91 Å². The van der Waals surface area contributed by atoms with Crippen molar-refractivity contribution in [1.82, 2.24) is 10.2 Å². The van der Waals surface area contributed by atoms with Crippen molar-refractivity contribution >= 4 is 12.0 Å². The lowest BCUT2D eigenvalue weighted by Crippen LogP contribution is -2.81. The molecular formula is C33H38N2O4. The first-order chi connectivity index (χ1) is 19.0. The van der Waals surface area contributed by atoms with E-state index in [9.17, 15) is 9.90 Å². The maximum Gasteiger partial charge on any atom is 0.244 e. The van der Waals surface area contributed by atoms with Crippen molar-refractivity contribution in [3.63, 3.8) is 0 Å². The average Bonchev–Trinajstić information content (AvgIpc) is 3.70. The van der Waals surface area contributed by atoms with Crippen LogP contribution in [0, 0.1) is 17.3 Å². The van der Waals surface area contributed by atoms with Crippen LogP contribution in [-0.2, 0) is 21.4 Å². The van der Waals surface area contributed by atoms with Crippen LogP contribution in [0.15, 0.2) is 48.5 Å². The van der Waals surface area contributed by atoms with Gasteiger partial charge in [-0.2, -0.15) is 0 Å². The number of carbonyl (C=O) groups is 1. The van der Waals surface area contributed by atoms with Crippen molar-refractivity contribution in [1.29, 1.82) is 0 Å². The second-order valence-electron chi connectivity index (χ2n) is 13.0. The highest BCUT2D eigenvalue weighted by atomic mass is 16.6. The third-order valence-electron chi connectivity index (χ3n) is 11.6. The Kier molecular flexibility index (Phi) is 5.13. The number of hydrogen-bond donors (Lipinski definition) is 2. The van der Waals surface area contributed by atoms with Gasteiger partial charge in [-0.3, -0.25) is 9.69 Å². The minimum atomic E-state index is -0.499. The van der Waals surface area contributed by atoms with E-state index in [0.29, 0.717) is 18.3 Å². The summed E-state index contributed by atoms with van der Waals surface area (Å²) in [6, 6.07) is 14.4. The van der Waals surface area contributed by atoms with Crippen LogP contribution >= 0.6 is 0 Å². The molecule has 9 rings (SSSR count). The summed E-state index contributed by atoms with van der Waals surface area (Å²) in [5, 5.41) is 14.2. The first-order valence-electron chi connectivity index (χ1n) is 14.8. The number of carbonyl (C=O) groups excluding carboxylic acids is 1. The van der Waals surface area contributed by atoms with Crippen molar-refractivity contribution in [2.45, 2.75) is 68.1 Å². The summed E-state index contributed by atoms with van der Waals surface area (Å²) >= 11 is 0. The normalized spacial score (nSPS) is 37.5. The summed E-state index contributed by atoms with van der Waals surface area (Å²) in [6.45, 7) is 2.85. The summed E-state index contributed by atoms with van der Waals surface area (Å²) in [6.07, 6.45) is 11.2. The smallest absolute Gasteiger partial charge is 0.244 e. The van der Waals surface area contributed by atoms with E-state index in [1.807, 2.05) is 49.6 Å². The third-order valence-corrected chi connectivity index (χ3v) is 11.6. The fourth-order valence-electron chi connectivity index (χ4n) is 9.81. The molecule has 6 unspecified atom stereocenters. The Bertz CT molecular complexity index is 1350. The first kappa shape index (κ1) is 24.0. The van der Waals surface area contributed by atoms with Crippen LogP contribution < -0.4 is 10.1 Å². The Hall–Kier alpha value is -2.83. The molecule has 4 saturated carbocycles. The van der Waals surface area contributed by atoms with Crippen LogP contribution in [0.4, 0.5) is 0 Å². The molecular weight excluding hydrogens is 488 g/mol. The SMILES string of the molecule is COC12CCC3(CC1CNC(=O)C=Cc1ccccc1)C1Cc4ccc(O)c5c4C3(CCN1CC1CC1)C2O5. The highest BCUT2D eigenvalue weighted by Gasteiger charge is 2.80. The number of amides is 1. The Morgan fingerprint density at radius 3 is 2.82 bits per heavy atom. The number of nitrogens with one attached hydrogen (secondary N) is 1. The van der Waals surface area contributed by atoms with Gasteiger partial charge in [0.15, 0.2) is 11.5 Å². The minimum absolute atomic E-state index is 0.0619. The molecule has 0 radical (unpaired) electrons. The molecule has 5 fully saturated rings. The minimum Gasteiger partial charge on any atom is -0.504 e. The molecule has 6 heteroatoms. The first-order valence-corrected chi connectivity index (χ1v) is 14.8. The largest absolute Gasteiger partial charge is 0.504 e. The maximum atomic E-state index is 12.9. The average molecular weight is 527 g/mol. The van der Waals surface area contributed by atoms with Crippen LogP contribution in [-0.4, -0.2) is 60.4 Å². The number of aromatic hydroxyl groups is 1. The second kappa shape index (κ2) is 8.34. The monoisotopic (exact) mass is 526 g/mol. The van der Waals surface area contributed by atoms with Crippen LogP contribution in [0.25, 0.3) is 6.08 Å². The number of benzene rings is 2. The molecule has 4 bridgehead atoms. The lowest BCUT2D eigenvalue weighted by molar-refractivity contribution is -0.276. The molecule has 7 aliphatic rings. The van der Waals surface area contributed by atoms with Gasteiger partial charge in [0, 0.05) is 54.6 Å². The standard InChI is InChI=1S/C33H38N2O4/c1-38-33-14-13-31(18-24(33)19-34-27(37)12-9-21-5-3-2-4-6-21)26-17-23-10-11-25(36)29-28(23)32(31,30(33)39-29)15-16-35(26)20-22-7-8-22/h2-6,9-12,22,24,26,30,36H,7-8,13-20H2,1H3,(H,34,37). The van der Waals surface area contributed by atoms with Crippen molar-refractivity contribution in [2.75, 3.05) is 26.7 Å². The molecule has 6 nitrogen and oxygen atoms in total. The van der Waals surface area contributed by atoms with Gasteiger partial charge in [-0.15, -0.1) is 0 Å². The number of piperidine rings is 1. The van der Waals surface area contributed by atoms with Gasteiger partial charge in [0.05, 0.1) is 0 Å². The van der Waals surface area contributed by atoms with E-state index in [2.05, 4.69) is 16.3 Å². The number of methoxy groups -OCH3 is 1. The zero-order valence-electron chi connectivity index (χ0n) is 22.7. The molecule has 204 valence electrons. The predicted octanol–water partition coefficient (Wildman–Crippen LogP) is 4.45. The molecule has 39 heavy (non-hydrogen) atoms. The molecule has 2 spiro atoms. The van der Waals surface area contributed by atoms with Crippen molar-refractivity contribution in [3.8, 4) is 11.5 Å². The van der Waals surface area contributed by atoms with E-state index < -0.39 is 5.60 Å². The number of nitrogens with zero attached hydrogens (tertiary/aromatic N) is 1. The number of phenolic OH excluding ortho intramolecular Hbond substituents is 1. The number of likely N-dealkylation sites (tertiary alicyclic amines) is 1. The second-order valence-corrected chi connectivity index (χ2v) is 13.0. The van der Waals surface area contributed by atoms with Crippen LogP contribution in [0.1, 0.15) is 55.2 Å². The number of ether oxygens (including phenoxy) is 2.